The van der Waals surface area contributed by atoms with E-state index in [1.807, 2.05) is 6.92 Å². The van der Waals surface area contributed by atoms with Gasteiger partial charge in [-0.3, -0.25) is 0 Å². The first kappa shape index (κ1) is 11.2. The molecule has 2 aliphatic carbocycles. The molecule has 0 radical (unpaired) electrons. The highest BCUT2D eigenvalue weighted by Gasteiger charge is 2.49. The van der Waals surface area contributed by atoms with Gasteiger partial charge in [-0.1, -0.05) is 6.07 Å². The van der Waals surface area contributed by atoms with Crippen molar-refractivity contribution in [1.29, 1.82) is 0 Å². The fraction of sp³-hybridized carbons (Fsp3) is 0.600. The zero-order valence-corrected chi connectivity index (χ0v) is 10.4. The van der Waals surface area contributed by atoms with Crippen molar-refractivity contribution < 1.29 is 4.39 Å². The van der Waals surface area contributed by atoms with Gasteiger partial charge in [0.1, 0.15) is 5.82 Å². The molecule has 2 heteroatoms. The van der Waals surface area contributed by atoms with Gasteiger partial charge in [-0.2, -0.15) is 0 Å². The van der Waals surface area contributed by atoms with E-state index in [2.05, 4.69) is 6.07 Å². The number of halogens is 1. The second kappa shape index (κ2) is 3.81. The van der Waals surface area contributed by atoms with Gasteiger partial charge in [0.2, 0.25) is 0 Å². The molecule has 1 aromatic carbocycles. The molecule has 2 aliphatic rings. The highest BCUT2D eigenvalue weighted by Crippen LogP contribution is 2.51. The molecule has 0 aromatic heterocycles. The van der Waals surface area contributed by atoms with Crippen LogP contribution >= 0.6 is 0 Å². The molecule has 1 unspecified atom stereocenters. The van der Waals surface area contributed by atoms with Crippen molar-refractivity contribution in [1.82, 2.24) is 0 Å². The van der Waals surface area contributed by atoms with Crippen LogP contribution in [0.1, 0.15) is 49.3 Å². The Kier molecular flexibility index (Phi) is 2.51. The number of nitrogens with two attached hydrogens (primary N) is 1. The zero-order valence-electron chi connectivity index (χ0n) is 10.4. The number of hydrogen-bond acceptors (Lipinski definition) is 1. The van der Waals surface area contributed by atoms with Gasteiger partial charge in [0.15, 0.2) is 0 Å². The number of fused-ring (bicyclic) bond motifs is 1. The van der Waals surface area contributed by atoms with Crippen LogP contribution in [0.2, 0.25) is 0 Å². The second-order valence-corrected chi connectivity index (χ2v) is 5.75. The van der Waals surface area contributed by atoms with Gasteiger partial charge in [-0.05, 0) is 68.2 Å². The average Bonchev–Trinajstić information content (AvgIpc) is 3.09. The first-order valence-corrected chi connectivity index (χ1v) is 6.71. The van der Waals surface area contributed by atoms with Crippen molar-refractivity contribution >= 4 is 0 Å². The first-order chi connectivity index (χ1) is 8.13. The minimum absolute atomic E-state index is 0.0274. The molecule has 0 spiro atoms. The van der Waals surface area contributed by atoms with E-state index in [1.54, 1.807) is 6.07 Å². The fourth-order valence-electron chi connectivity index (χ4n) is 3.24. The molecule has 17 heavy (non-hydrogen) atoms. The molecule has 92 valence electrons. The van der Waals surface area contributed by atoms with E-state index in [0.717, 1.165) is 31.2 Å². The molecule has 3 rings (SSSR count). The molecule has 0 aliphatic heterocycles. The normalized spacial score (nSPS) is 23.0. The molecular weight excluding hydrogens is 213 g/mol. The van der Waals surface area contributed by atoms with Crippen LogP contribution in [0.4, 0.5) is 4.39 Å². The Morgan fingerprint density at radius 1 is 1.18 bits per heavy atom. The Morgan fingerprint density at radius 2 is 1.76 bits per heavy atom. The molecule has 0 heterocycles. The highest BCUT2D eigenvalue weighted by molar-refractivity contribution is 5.42. The molecule has 0 bridgehead atoms. The summed E-state index contributed by atoms with van der Waals surface area (Å²) in [6, 6.07) is 3.94. The zero-order chi connectivity index (χ0) is 12.0. The van der Waals surface area contributed by atoms with Crippen LogP contribution in [0, 0.1) is 5.82 Å². The first-order valence-electron chi connectivity index (χ1n) is 6.71. The van der Waals surface area contributed by atoms with Crippen molar-refractivity contribution in [3.05, 3.63) is 34.6 Å². The molecule has 1 saturated carbocycles. The summed E-state index contributed by atoms with van der Waals surface area (Å²) in [5.74, 6) is -0.0274. The van der Waals surface area contributed by atoms with Gasteiger partial charge in [-0.15, -0.1) is 0 Å². The average molecular weight is 233 g/mol. The van der Waals surface area contributed by atoms with Crippen molar-refractivity contribution in [2.24, 2.45) is 5.73 Å². The topological polar surface area (TPSA) is 26.0 Å². The molecule has 1 aromatic rings. The number of aryl methyl sites for hydroxylation is 2. The molecule has 0 saturated heterocycles. The summed E-state index contributed by atoms with van der Waals surface area (Å²) in [7, 11) is 0. The molecule has 1 fully saturated rings. The third-order valence-corrected chi connectivity index (χ3v) is 4.63. The lowest BCUT2D eigenvalue weighted by atomic mass is 9.83. The Labute approximate surface area is 102 Å². The van der Waals surface area contributed by atoms with Crippen LogP contribution in [0.3, 0.4) is 0 Å². The minimum Gasteiger partial charge on any atom is -0.327 e. The summed E-state index contributed by atoms with van der Waals surface area (Å²) in [5, 5.41) is 0. The Bertz CT molecular complexity index is 446. The van der Waals surface area contributed by atoms with E-state index in [1.165, 1.54) is 24.0 Å². The van der Waals surface area contributed by atoms with E-state index in [4.69, 9.17) is 5.73 Å². The SMILES string of the molecule is CC(N)C1(c2cc3c(cc2F)CCCC3)CC1. The molecule has 2 N–H and O–H groups in total. The predicted octanol–water partition coefficient (Wildman–Crippen LogP) is 3.08. The smallest absolute Gasteiger partial charge is 0.127 e. The largest absolute Gasteiger partial charge is 0.327 e. The maximum absolute atomic E-state index is 14.2. The van der Waals surface area contributed by atoms with Gasteiger partial charge in [0, 0.05) is 11.5 Å². The Balaban J connectivity index is 2.06. The van der Waals surface area contributed by atoms with Crippen LogP contribution in [-0.2, 0) is 18.3 Å². The van der Waals surface area contributed by atoms with Gasteiger partial charge >= 0.3 is 0 Å². The summed E-state index contributed by atoms with van der Waals surface area (Å²) in [5.41, 5.74) is 9.45. The Morgan fingerprint density at radius 3 is 2.29 bits per heavy atom. The fourth-order valence-corrected chi connectivity index (χ4v) is 3.24. The summed E-state index contributed by atoms with van der Waals surface area (Å²) < 4.78 is 14.2. The standard InChI is InChI=1S/C15H20FN/c1-10(17)15(6-7-15)13-8-11-4-2-3-5-12(11)9-14(13)16/h8-10H,2-7,17H2,1H3. The van der Waals surface area contributed by atoms with Crippen LogP contribution < -0.4 is 5.73 Å². The van der Waals surface area contributed by atoms with Crippen LogP contribution in [-0.4, -0.2) is 6.04 Å². The summed E-state index contributed by atoms with van der Waals surface area (Å²) in [4.78, 5) is 0. The van der Waals surface area contributed by atoms with Gasteiger partial charge in [0.05, 0.1) is 0 Å². The number of benzene rings is 1. The van der Waals surface area contributed by atoms with E-state index in [9.17, 15) is 4.39 Å². The van der Waals surface area contributed by atoms with E-state index in [0.29, 0.717) is 0 Å². The van der Waals surface area contributed by atoms with Crippen molar-refractivity contribution in [3.8, 4) is 0 Å². The lowest BCUT2D eigenvalue weighted by Gasteiger charge is -2.24. The van der Waals surface area contributed by atoms with Crippen molar-refractivity contribution in [2.75, 3.05) is 0 Å². The van der Waals surface area contributed by atoms with Crippen molar-refractivity contribution in [2.45, 2.75) is 56.9 Å². The van der Waals surface area contributed by atoms with Crippen LogP contribution in [0.5, 0.6) is 0 Å². The molecule has 0 amide bonds. The van der Waals surface area contributed by atoms with Crippen LogP contribution in [0.15, 0.2) is 12.1 Å². The third-order valence-electron chi connectivity index (χ3n) is 4.63. The summed E-state index contributed by atoms with van der Waals surface area (Å²) in [6.45, 7) is 2.01. The number of hydrogen-bond donors (Lipinski definition) is 1. The number of rotatable bonds is 2. The van der Waals surface area contributed by atoms with Crippen LogP contribution in [0.25, 0.3) is 0 Å². The monoisotopic (exact) mass is 233 g/mol. The van der Waals surface area contributed by atoms with E-state index < -0.39 is 0 Å². The third kappa shape index (κ3) is 1.70. The highest BCUT2D eigenvalue weighted by atomic mass is 19.1. The maximum Gasteiger partial charge on any atom is 0.127 e. The Hall–Kier alpha value is -0.890. The summed E-state index contributed by atoms with van der Waals surface area (Å²) in [6.07, 6.45) is 6.67. The lowest BCUT2D eigenvalue weighted by molar-refractivity contribution is 0.508. The molecule has 1 nitrogen and oxygen atoms in total. The summed E-state index contributed by atoms with van der Waals surface area (Å²) >= 11 is 0. The van der Waals surface area contributed by atoms with E-state index in [-0.39, 0.29) is 17.3 Å². The predicted molar refractivity (Wildman–Crippen MR) is 67.6 cm³/mol. The van der Waals surface area contributed by atoms with E-state index >= 15 is 0 Å². The van der Waals surface area contributed by atoms with Gasteiger partial charge in [0.25, 0.3) is 0 Å². The van der Waals surface area contributed by atoms with Gasteiger partial charge in [-0.25, -0.2) is 4.39 Å². The molecule has 1 atom stereocenters. The lowest BCUT2D eigenvalue weighted by Crippen LogP contribution is -2.32. The van der Waals surface area contributed by atoms with Crippen molar-refractivity contribution in [3.63, 3.8) is 0 Å². The second-order valence-electron chi connectivity index (χ2n) is 5.75. The quantitative estimate of drug-likeness (QED) is 0.834. The van der Waals surface area contributed by atoms with Gasteiger partial charge < -0.3 is 5.73 Å². The molecular formula is C15H20FN. The minimum atomic E-state index is -0.0590. The maximum atomic E-state index is 14.2.